The summed E-state index contributed by atoms with van der Waals surface area (Å²) < 4.78 is 10.1. The molecule has 0 N–H and O–H groups in total. The zero-order valence-corrected chi connectivity index (χ0v) is 8.74. The van der Waals surface area contributed by atoms with Crippen molar-refractivity contribution in [2.24, 2.45) is 0 Å². The van der Waals surface area contributed by atoms with Crippen molar-refractivity contribution in [3.8, 4) is 0 Å². The van der Waals surface area contributed by atoms with Gasteiger partial charge in [0.05, 0.1) is 0 Å². The summed E-state index contributed by atoms with van der Waals surface area (Å²) in [6.07, 6.45) is 5.51. The van der Waals surface area contributed by atoms with E-state index in [0.717, 1.165) is 25.7 Å². The van der Waals surface area contributed by atoms with E-state index in [1.807, 2.05) is 0 Å². The van der Waals surface area contributed by atoms with Crippen molar-refractivity contribution in [3.63, 3.8) is 0 Å². The molecule has 0 bridgehead atoms. The quantitative estimate of drug-likeness (QED) is 0.627. The van der Waals surface area contributed by atoms with E-state index in [1.54, 1.807) is 0 Å². The molecule has 2 fully saturated rings. The molecule has 2 aliphatic carbocycles. The lowest BCUT2D eigenvalue weighted by Gasteiger charge is -2.03. The summed E-state index contributed by atoms with van der Waals surface area (Å²) in [5.74, 6) is -0.367. The first-order valence-electron chi connectivity index (χ1n) is 5.63. The summed E-state index contributed by atoms with van der Waals surface area (Å²) in [4.78, 5) is 22.3. The number of carbonyl (C=O) groups is 2. The molecule has 2 aliphatic rings. The molecule has 0 atom stereocenters. The topological polar surface area (TPSA) is 52.6 Å². The lowest BCUT2D eigenvalue weighted by molar-refractivity contribution is -0.146. The number of hydrogen-bond acceptors (Lipinski definition) is 4. The molecule has 0 spiro atoms. The second-order valence-corrected chi connectivity index (χ2v) is 4.23. The van der Waals surface area contributed by atoms with Crippen LogP contribution in [-0.4, -0.2) is 24.1 Å². The summed E-state index contributed by atoms with van der Waals surface area (Å²) in [6.45, 7) is 0. The minimum atomic E-state index is -0.184. The van der Waals surface area contributed by atoms with Crippen LogP contribution in [0.3, 0.4) is 0 Å². The maximum absolute atomic E-state index is 11.1. The van der Waals surface area contributed by atoms with Gasteiger partial charge >= 0.3 is 11.9 Å². The highest BCUT2D eigenvalue weighted by Gasteiger charge is 2.27. The maximum Gasteiger partial charge on any atom is 0.306 e. The Bertz CT molecular complexity index is 227. The summed E-state index contributed by atoms with van der Waals surface area (Å²) in [5.41, 5.74) is 0. The molecule has 84 valence electrons. The number of esters is 2. The molecule has 0 aromatic heterocycles. The fraction of sp³-hybridized carbons (Fsp3) is 0.818. The Morgan fingerprint density at radius 3 is 1.60 bits per heavy atom. The van der Waals surface area contributed by atoms with E-state index >= 15 is 0 Å². The molecule has 15 heavy (non-hydrogen) atoms. The molecule has 0 aromatic rings. The van der Waals surface area contributed by atoms with E-state index in [4.69, 9.17) is 9.47 Å². The molecule has 2 saturated carbocycles. The fourth-order valence-electron chi connectivity index (χ4n) is 1.24. The summed E-state index contributed by atoms with van der Waals surface area (Å²) in [6, 6.07) is 0. The van der Waals surface area contributed by atoms with Gasteiger partial charge in [-0.3, -0.25) is 9.59 Å². The van der Waals surface area contributed by atoms with Gasteiger partial charge in [-0.1, -0.05) is 0 Å². The zero-order chi connectivity index (χ0) is 10.7. The predicted molar refractivity (Wildman–Crippen MR) is 52.1 cm³/mol. The van der Waals surface area contributed by atoms with Gasteiger partial charge in [0.25, 0.3) is 0 Å². The average Bonchev–Trinajstić information content (AvgIpc) is 2.99. The highest BCUT2D eigenvalue weighted by atomic mass is 16.6. The number of hydrogen-bond donors (Lipinski definition) is 0. The molecule has 2 rings (SSSR count). The minimum absolute atomic E-state index is 0.163. The van der Waals surface area contributed by atoms with Gasteiger partial charge in [0, 0.05) is 12.8 Å². The Balaban J connectivity index is 1.48. The molecule has 0 aromatic carbocycles. The van der Waals surface area contributed by atoms with Gasteiger partial charge in [-0.25, -0.2) is 0 Å². The van der Waals surface area contributed by atoms with E-state index in [0.29, 0.717) is 19.3 Å². The standard InChI is InChI=1S/C11H16O4/c12-10(14-8-4-5-8)2-1-3-11(13)15-9-6-7-9/h8-9H,1-7H2. The maximum atomic E-state index is 11.1. The van der Waals surface area contributed by atoms with Crippen LogP contribution in [0.1, 0.15) is 44.9 Å². The summed E-state index contributed by atoms with van der Waals surface area (Å²) in [5, 5.41) is 0. The Morgan fingerprint density at radius 2 is 1.27 bits per heavy atom. The van der Waals surface area contributed by atoms with Gasteiger partial charge in [0.1, 0.15) is 12.2 Å². The minimum Gasteiger partial charge on any atom is -0.462 e. The third-order valence-corrected chi connectivity index (χ3v) is 2.41. The van der Waals surface area contributed by atoms with Gasteiger partial charge in [0.2, 0.25) is 0 Å². The highest BCUT2D eigenvalue weighted by molar-refractivity contribution is 5.72. The molecular weight excluding hydrogens is 196 g/mol. The molecule has 4 nitrogen and oxygen atoms in total. The SMILES string of the molecule is O=C(CCCC(=O)OC1CC1)OC1CC1. The molecule has 0 unspecified atom stereocenters. The van der Waals surface area contributed by atoms with E-state index in [1.165, 1.54) is 0 Å². The summed E-state index contributed by atoms with van der Waals surface area (Å²) in [7, 11) is 0. The first-order valence-corrected chi connectivity index (χ1v) is 5.63. The van der Waals surface area contributed by atoms with Crippen LogP contribution >= 0.6 is 0 Å². The average molecular weight is 212 g/mol. The molecule has 0 amide bonds. The van der Waals surface area contributed by atoms with Crippen LogP contribution in [0.25, 0.3) is 0 Å². The Labute approximate surface area is 88.9 Å². The van der Waals surface area contributed by atoms with Crippen molar-refractivity contribution in [2.45, 2.75) is 57.2 Å². The van der Waals surface area contributed by atoms with Crippen molar-refractivity contribution < 1.29 is 19.1 Å². The van der Waals surface area contributed by atoms with E-state index in [9.17, 15) is 9.59 Å². The van der Waals surface area contributed by atoms with E-state index in [2.05, 4.69) is 0 Å². The Kier molecular flexibility index (Phi) is 3.23. The van der Waals surface area contributed by atoms with Crippen LogP contribution < -0.4 is 0 Å². The van der Waals surface area contributed by atoms with Gasteiger partial charge in [-0.15, -0.1) is 0 Å². The van der Waals surface area contributed by atoms with Crippen molar-refractivity contribution in [1.82, 2.24) is 0 Å². The van der Waals surface area contributed by atoms with Crippen LogP contribution in [-0.2, 0) is 19.1 Å². The van der Waals surface area contributed by atoms with Gasteiger partial charge < -0.3 is 9.47 Å². The molecule has 0 aliphatic heterocycles. The van der Waals surface area contributed by atoms with Crippen LogP contribution in [0, 0.1) is 0 Å². The Morgan fingerprint density at radius 1 is 0.867 bits per heavy atom. The molecular formula is C11H16O4. The second kappa shape index (κ2) is 4.64. The first-order chi connectivity index (χ1) is 7.24. The zero-order valence-electron chi connectivity index (χ0n) is 8.74. The van der Waals surface area contributed by atoms with Gasteiger partial charge in [0.15, 0.2) is 0 Å². The van der Waals surface area contributed by atoms with Crippen LogP contribution in [0.4, 0.5) is 0 Å². The van der Waals surface area contributed by atoms with E-state index in [-0.39, 0.29) is 24.1 Å². The predicted octanol–water partition coefficient (Wildman–Crippen LogP) is 1.57. The number of ether oxygens (including phenoxy) is 2. The first kappa shape index (κ1) is 10.5. The lowest BCUT2D eigenvalue weighted by Crippen LogP contribution is -2.09. The Hall–Kier alpha value is -1.06. The van der Waals surface area contributed by atoms with Gasteiger partial charge in [-0.05, 0) is 32.1 Å². The fourth-order valence-corrected chi connectivity index (χ4v) is 1.24. The van der Waals surface area contributed by atoms with Gasteiger partial charge in [-0.2, -0.15) is 0 Å². The van der Waals surface area contributed by atoms with Crippen molar-refractivity contribution in [2.75, 3.05) is 0 Å². The third-order valence-electron chi connectivity index (χ3n) is 2.41. The highest BCUT2D eigenvalue weighted by Crippen LogP contribution is 2.25. The van der Waals surface area contributed by atoms with E-state index < -0.39 is 0 Å². The third kappa shape index (κ3) is 4.32. The second-order valence-electron chi connectivity index (χ2n) is 4.23. The van der Waals surface area contributed by atoms with Crippen molar-refractivity contribution in [1.29, 1.82) is 0 Å². The van der Waals surface area contributed by atoms with Crippen molar-refractivity contribution >= 4 is 11.9 Å². The van der Waals surface area contributed by atoms with Crippen LogP contribution in [0.15, 0.2) is 0 Å². The number of rotatable bonds is 6. The van der Waals surface area contributed by atoms with Crippen LogP contribution in [0.5, 0.6) is 0 Å². The normalized spacial score (nSPS) is 19.7. The summed E-state index contributed by atoms with van der Waals surface area (Å²) >= 11 is 0. The smallest absolute Gasteiger partial charge is 0.306 e. The molecule has 0 saturated heterocycles. The molecule has 0 radical (unpaired) electrons. The van der Waals surface area contributed by atoms with Crippen LogP contribution in [0.2, 0.25) is 0 Å². The monoisotopic (exact) mass is 212 g/mol. The molecule has 4 heteroatoms. The number of carbonyl (C=O) groups excluding carboxylic acids is 2. The van der Waals surface area contributed by atoms with Crippen molar-refractivity contribution in [3.05, 3.63) is 0 Å². The lowest BCUT2D eigenvalue weighted by atomic mass is 10.2. The molecule has 0 heterocycles. The largest absolute Gasteiger partial charge is 0.462 e.